The molecular formula is C16H18N6O. The number of nitrogens with zero attached hydrogens (tertiary/aromatic N) is 4. The average molecular weight is 310 g/mol. The van der Waals surface area contributed by atoms with Gasteiger partial charge in [0, 0.05) is 18.8 Å². The quantitative estimate of drug-likeness (QED) is 0.753. The molecule has 0 bridgehead atoms. The van der Waals surface area contributed by atoms with E-state index in [0.29, 0.717) is 24.2 Å². The van der Waals surface area contributed by atoms with E-state index >= 15 is 0 Å². The predicted octanol–water partition coefficient (Wildman–Crippen LogP) is 2.68. The molecule has 7 nitrogen and oxygen atoms in total. The fraction of sp³-hybridized carbons (Fsp3) is 0.375. The van der Waals surface area contributed by atoms with E-state index in [1.807, 2.05) is 12.1 Å². The van der Waals surface area contributed by atoms with Gasteiger partial charge in [-0.25, -0.2) is 19.9 Å². The number of H-pyrrole nitrogens is 1. The molecule has 0 amide bonds. The number of hydrogen-bond donors (Lipinski definition) is 2. The van der Waals surface area contributed by atoms with E-state index in [-0.39, 0.29) is 0 Å². The fourth-order valence-electron chi connectivity index (χ4n) is 2.89. The summed E-state index contributed by atoms with van der Waals surface area (Å²) in [5.74, 6) is 1.44. The molecule has 0 aliphatic heterocycles. The lowest BCUT2D eigenvalue weighted by molar-refractivity contribution is 0.201. The van der Waals surface area contributed by atoms with Crippen molar-refractivity contribution in [3.8, 4) is 5.88 Å². The van der Waals surface area contributed by atoms with Gasteiger partial charge in [-0.1, -0.05) is 0 Å². The third-order valence-electron chi connectivity index (χ3n) is 4.07. The molecule has 0 radical (unpaired) electrons. The van der Waals surface area contributed by atoms with Crippen LogP contribution in [-0.4, -0.2) is 31.0 Å². The first-order valence-corrected chi connectivity index (χ1v) is 7.88. The van der Waals surface area contributed by atoms with Crippen molar-refractivity contribution in [2.45, 2.75) is 38.3 Å². The zero-order valence-corrected chi connectivity index (χ0v) is 12.7. The first-order chi connectivity index (χ1) is 11.4. The van der Waals surface area contributed by atoms with Gasteiger partial charge in [-0.05, 0) is 37.3 Å². The molecule has 0 aromatic carbocycles. The van der Waals surface area contributed by atoms with Crippen LogP contribution in [0.25, 0.3) is 11.2 Å². The molecule has 0 atom stereocenters. The second-order valence-corrected chi connectivity index (χ2v) is 5.70. The monoisotopic (exact) mass is 310 g/mol. The summed E-state index contributed by atoms with van der Waals surface area (Å²) >= 11 is 0. The zero-order chi connectivity index (χ0) is 15.5. The summed E-state index contributed by atoms with van der Waals surface area (Å²) in [7, 11) is 0. The normalized spacial score (nSPS) is 15.1. The minimum atomic E-state index is 0.317. The SMILES string of the molecule is c1cc(CNc2ncnc3nc[nH]c23)cc(OC2CCCC2)n1. The van der Waals surface area contributed by atoms with E-state index < -0.39 is 0 Å². The lowest BCUT2D eigenvalue weighted by atomic mass is 10.2. The number of imidazole rings is 1. The standard InChI is InChI=1S/C16H18N6O/c1-2-4-12(3-1)23-13-7-11(5-6-17-13)8-18-15-14-16(20-9-19-14)22-10-21-15/h5-7,9-10,12H,1-4,8H2,(H2,18,19,20,21,22). The lowest BCUT2D eigenvalue weighted by Gasteiger charge is -2.13. The Kier molecular flexibility index (Phi) is 3.75. The Morgan fingerprint density at radius 2 is 2.09 bits per heavy atom. The number of rotatable bonds is 5. The van der Waals surface area contributed by atoms with E-state index in [4.69, 9.17) is 4.74 Å². The summed E-state index contributed by atoms with van der Waals surface area (Å²) in [6.07, 6.45) is 9.98. The van der Waals surface area contributed by atoms with Crippen molar-refractivity contribution >= 4 is 17.0 Å². The predicted molar refractivity (Wildman–Crippen MR) is 86.1 cm³/mol. The van der Waals surface area contributed by atoms with Crippen molar-refractivity contribution in [1.29, 1.82) is 0 Å². The molecule has 0 unspecified atom stereocenters. The highest BCUT2D eigenvalue weighted by molar-refractivity contribution is 5.81. The van der Waals surface area contributed by atoms with Crippen molar-refractivity contribution < 1.29 is 4.74 Å². The minimum Gasteiger partial charge on any atom is -0.474 e. The van der Waals surface area contributed by atoms with Gasteiger partial charge in [-0.15, -0.1) is 0 Å². The summed E-state index contributed by atoms with van der Waals surface area (Å²) in [6, 6.07) is 3.95. The number of fused-ring (bicyclic) bond motifs is 1. The largest absolute Gasteiger partial charge is 0.474 e. The van der Waals surface area contributed by atoms with E-state index in [9.17, 15) is 0 Å². The first kappa shape index (κ1) is 13.9. The molecule has 0 saturated heterocycles. The molecule has 7 heteroatoms. The van der Waals surface area contributed by atoms with Crippen molar-refractivity contribution in [3.63, 3.8) is 0 Å². The Morgan fingerprint density at radius 1 is 1.17 bits per heavy atom. The minimum absolute atomic E-state index is 0.317. The second kappa shape index (κ2) is 6.20. The van der Waals surface area contributed by atoms with Gasteiger partial charge >= 0.3 is 0 Å². The fourth-order valence-corrected chi connectivity index (χ4v) is 2.89. The Bertz CT molecular complexity index is 796. The van der Waals surface area contributed by atoms with Crippen molar-refractivity contribution in [1.82, 2.24) is 24.9 Å². The summed E-state index contributed by atoms with van der Waals surface area (Å²) < 4.78 is 5.95. The van der Waals surface area contributed by atoms with Crippen LogP contribution in [0, 0.1) is 0 Å². The third kappa shape index (κ3) is 3.08. The molecule has 3 aromatic rings. The highest BCUT2D eigenvalue weighted by Crippen LogP contribution is 2.23. The Hall–Kier alpha value is -2.70. The number of anilines is 1. The smallest absolute Gasteiger partial charge is 0.213 e. The van der Waals surface area contributed by atoms with Gasteiger partial charge in [0.2, 0.25) is 5.88 Å². The van der Waals surface area contributed by atoms with Crippen LogP contribution >= 0.6 is 0 Å². The van der Waals surface area contributed by atoms with Crippen molar-refractivity contribution in [2.24, 2.45) is 0 Å². The maximum atomic E-state index is 5.95. The topological polar surface area (TPSA) is 88.6 Å². The Balaban J connectivity index is 1.45. The van der Waals surface area contributed by atoms with E-state index in [0.717, 1.165) is 29.7 Å². The van der Waals surface area contributed by atoms with Crippen LogP contribution in [0.5, 0.6) is 5.88 Å². The number of nitrogens with one attached hydrogen (secondary N) is 2. The van der Waals surface area contributed by atoms with Crippen LogP contribution < -0.4 is 10.1 Å². The molecule has 1 fully saturated rings. The molecule has 3 heterocycles. The van der Waals surface area contributed by atoms with Gasteiger partial charge in [0.1, 0.15) is 17.9 Å². The molecule has 1 aliphatic rings. The highest BCUT2D eigenvalue weighted by Gasteiger charge is 2.17. The molecule has 2 N–H and O–H groups in total. The van der Waals surface area contributed by atoms with Crippen LogP contribution in [0.2, 0.25) is 0 Å². The molecule has 23 heavy (non-hydrogen) atoms. The molecule has 3 aromatic heterocycles. The lowest BCUT2D eigenvalue weighted by Crippen LogP contribution is -2.12. The van der Waals surface area contributed by atoms with E-state index in [2.05, 4.69) is 30.2 Å². The summed E-state index contributed by atoms with van der Waals surface area (Å²) in [5, 5.41) is 3.31. The number of pyridine rings is 1. The summed E-state index contributed by atoms with van der Waals surface area (Å²) in [4.78, 5) is 19.8. The first-order valence-electron chi connectivity index (χ1n) is 7.88. The van der Waals surface area contributed by atoms with Crippen LogP contribution in [0.3, 0.4) is 0 Å². The molecule has 4 rings (SSSR count). The number of hydrogen-bond acceptors (Lipinski definition) is 6. The maximum Gasteiger partial charge on any atom is 0.213 e. The molecular weight excluding hydrogens is 292 g/mol. The third-order valence-corrected chi connectivity index (χ3v) is 4.07. The maximum absolute atomic E-state index is 5.95. The van der Waals surface area contributed by atoms with Crippen molar-refractivity contribution in [3.05, 3.63) is 36.5 Å². The highest BCUT2D eigenvalue weighted by atomic mass is 16.5. The number of aromatic amines is 1. The Morgan fingerprint density at radius 3 is 3.00 bits per heavy atom. The molecule has 1 saturated carbocycles. The number of aromatic nitrogens is 5. The Labute approximate surface area is 133 Å². The van der Waals surface area contributed by atoms with Gasteiger partial charge < -0.3 is 15.0 Å². The molecule has 118 valence electrons. The van der Waals surface area contributed by atoms with Gasteiger partial charge in [0.25, 0.3) is 0 Å². The zero-order valence-electron chi connectivity index (χ0n) is 12.7. The van der Waals surface area contributed by atoms with Gasteiger partial charge in [0.05, 0.1) is 6.33 Å². The second-order valence-electron chi connectivity index (χ2n) is 5.70. The van der Waals surface area contributed by atoms with E-state index in [1.165, 1.54) is 19.2 Å². The van der Waals surface area contributed by atoms with E-state index in [1.54, 1.807) is 12.5 Å². The van der Waals surface area contributed by atoms with Gasteiger partial charge in [-0.2, -0.15) is 0 Å². The van der Waals surface area contributed by atoms with Gasteiger partial charge in [0.15, 0.2) is 11.5 Å². The van der Waals surface area contributed by atoms with Crippen LogP contribution in [-0.2, 0) is 6.54 Å². The summed E-state index contributed by atoms with van der Waals surface area (Å²) in [5.41, 5.74) is 2.56. The van der Waals surface area contributed by atoms with Crippen LogP contribution in [0.1, 0.15) is 31.2 Å². The molecule has 1 aliphatic carbocycles. The van der Waals surface area contributed by atoms with Crippen molar-refractivity contribution in [2.75, 3.05) is 5.32 Å². The average Bonchev–Trinajstić information content (AvgIpc) is 3.24. The number of ether oxygens (including phenoxy) is 1. The van der Waals surface area contributed by atoms with Crippen LogP contribution in [0.4, 0.5) is 5.82 Å². The molecule has 0 spiro atoms. The van der Waals surface area contributed by atoms with Gasteiger partial charge in [-0.3, -0.25) is 0 Å². The summed E-state index contributed by atoms with van der Waals surface area (Å²) in [6.45, 7) is 0.634. The van der Waals surface area contributed by atoms with Crippen LogP contribution in [0.15, 0.2) is 31.0 Å².